The van der Waals surface area contributed by atoms with Crippen LogP contribution in [0.4, 0.5) is 0 Å². The lowest BCUT2D eigenvalue weighted by atomic mass is 9.87. The van der Waals surface area contributed by atoms with Gasteiger partial charge in [-0.2, -0.15) is 5.26 Å². The monoisotopic (exact) mass is 1200 g/mol. The predicted molar refractivity (Wildman–Crippen MR) is 286 cm³/mol. The summed E-state index contributed by atoms with van der Waals surface area (Å²) in [7, 11) is 0. The standard InChI is InChI=1S/C22H18O13.C18H16O8.C16H18O9/c23-13-5-1-11(9-15(13)25)3-7-17(27)33-19(21(29)30)20(22(31)35-32)34-18(28)8-4-12-2-6-14(24)16(26)10-12;19-12-4-1-10(7-14(12)21)3-6-17(23)26-16(18(24)25)9-11-2-5-13(20)15(22)8-11;17-8-24-16(23)6-12(20)15(22)13(7-16)25-14(21)4-2-9-1-3-10(18)11(19)5-9/h1-10,19-20,23-26,32H,(H,29,30);1-8,16,19-22H,9H2,(H,24,25);1-5,8,12-13,15,18-20,22-23H,6-7H2/b7-3+,8-4+;6-3+;4-2+/t19-,20-;;/m0../s1. The van der Waals surface area contributed by atoms with Crippen molar-refractivity contribution >= 4 is 72.6 Å². The SMILES string of the molecule is O=C(/C=C/c1ccc(O)c(O)c1)OC(Cc1ccc(O)c(O)c1)C(=O)O.O=C(/C=C/c1ccc(O)c(O)c1)O[C@H](C(=O)O)[C@H](OC(=O)/C=C/c1ccc(O)c(O)c1)C(=O)OO.O=COC1(O)CC(O)C(O)C(OC(=O)/C=C/c2ccc(O)c(O)c2)C1. The number of rotatable bonds is 20. The van der Waals surface area contributed by atoms with Crippen LogP contribution in [-0.4, -0.2) is 173 Å². The average molecular weight is 1210 g/mol. The molecule has 0 bridgehead atoms. The number of aliphatic hydroxyl groups excluding tert-OH is 2. The van der Waals surface area contributed by atoms with Crippen molar-refractivity contribution in [1.29, 1.82) is 0 Å². The van der Waals surface area contributed by atoms with Gasteiger partial charge in [0.1, 0.15) is 12.2 Å². The van der Waals surface area contributed by atoms with E-state index >= 15 is 0 Å². The second-order valence-corrected chi connectivity index (χ2v) is 17.7. The molecule has 0 radical (unpaired) electrons. The number of benzene rings is 5. The fourth-order valence-electron chi connectivity index (χ4n) is 7.06. The molecule has 5 aromatic carbocycles. The van der Waals surface area contributed by atoms with Crippen LogP contribution in [0.15, 0.2) is 115 Å². The predicted octanol–water partition coefficient (Wildman–Crippen LogP) is 2.32. The first kappa shape index (κ1) is 67.2. The number of phenolic OH excluding ortho intramolecular Hbond substituents is 10. The Morgan fingerprint density at radius 3 is 1.22 bits per heavy atom. The van der Waals surface area contributed by atoms with Crippen LogP contribution in [0.3, 0.4) is 0 Å². The first-order valence-electron chi connectivity index (χ1n) is 24.2. The summed E-state index contributed by atoms with van der Waals surface area (Å²) in [5.74, 6) is -15.5. The number of aliphatic carboxylic acids is 2. The van der Waals surface area contributed by atoms with Crippen LogP contribution in [0.5, 0.6) is 57.5 Å². The van der Waals surface area contributed by atoms with Crippen LogP contribution in [0, 0.1) is 0 Å². The third-order valence-corrected chi connectivity index (χ3v) is 11.3. The molecule has 1 aliphatic carbocycles. The molecule has 16 N–H and O–H groups in total. The minimum Gasteiger partial charge on any atom is -0.504 e. The Labute approximate surface area is 482 Å². The Balaban J connectivity index is 0.000000282. The lowest BCUT2D eigenvalue weighted by molar-refractivity contribution is -0.255. The number of hydrogen-bond donors (Lipinski definition) is 16. The Morgan fingerprint density at radius 1 is 0.488 bits per heavy atom. The van der Waals surface area contributed by atoms with Crippen molar-refractivity contribution in [3.05, 3.63) is 143 Å². The van der Waals surface area contributed by atoms with Gasteiger partial charge in [-0.05, 0) is 113 Å². The number of esters is 4. The van der Waals surface area contributed by atoms with Gasteiger partial charge in [0.05, 0.1) is 12.5 Å². The second kappa shape index (κ2) is 31.2. The van der Waals surface area contributed by atoms with Gasteiger partial charge in [-0.3, -0.25) is 9.68 Å². The molecular formula is C56H52O30. The van der Waals surface area contributed by atoms with E-state index in [9.17, 15) is 115 Å². The summed E-state index contributed by atoms with van der Waals surface area (Å²) < 4.78 is 23.7. The van der Waals surface area contributed by atoms with Crippen LogP contribution < -0.4 is 0 Å². The highest BCUT2D eigenvalue weighted by molar-refractivity contribution is 5.94. The number of hydrogen-bond acceptors (Lipinski definition) is 28. The van der Waals surface area contributed by atoms with Gasteiger partial charge in [-0.25, -0.2) is 33.6 Å². The molecule has 1 aliphatic rings. The molecule has 5 unspecified atom stereocenters. The summed E-state index contributed by atoms with van der Waals surface area (Å²) >= 11 is 0. The van der Waals surface area contributed by atoms with Crippen molar-refractivity contribution in [2.45, 2.75) is 61.7 Å². The number of carboxylic acid groups (broad SMARTS) is 2. The summed E-state index contributed by atoms with van der Waals surface area (Å²) in [6.45, 7) is 0.000496. The van der Waals surface area contributed by atoms with E-state index in [4.69, 9.17) is 14.7 Å². The zero-order chi connectivity index (χ0) is 64.0. The smallest absolute Gasteiger partial charge is 0.386 e. The van der Waals surface area contributed by atoms with Gasteiger partial charge in [-0.1, -0.05) is 30.3 Å². The van der Waals surface area contributed by atoms with Gasteiger partial charge in [0.25, 0.3) is 6.47 Å². The average Bonchev–Trinajstić information content (AvgIpc) is 1.75. The van der Waals surface area contributed by atoms with Crippen molar-refractivity contribution < 1.29 is 149 Å². The van der Waals surface area contributed by atoms with Gasteiger partial charge >= 0.3 is 41.8 Å². The molecule has 7 atom stereocenters. The van der Waals surface area contributed by atoms with Gasteiger partial charge < -0.3 is 100 Å². The molecule has 1 fully saturated rings. The molecule has 0 saturated heterocycles. The van der Waals surface area contributed by atoms with Crippen LogP contribution in [0.1, 0.15) is 40.7 Å². The molecule has 0 spiro atoms. The van der Waals surface area contributed by atoms with Crippen molar-refractivity contribution in [2.75, 3.05) is 0 Å². The number of carbonyl (C=O) groups excluding carboxylic acids is 6. The highest BCUT2D eigenvalue weighted by atomic mass is 17.1. The number of carboxylic acids is 2. The van der Waals surface area contributed by atoms with Crippen molar-refractivity contribution in [2.24, 2.45) is 0 Å². The van der Waals surface area contributed by atoms with E-state index in [0.717, 1.165) is 60.7 Å². The number of aliphatic hydroxyl groups is 3. The molecule has 0 aliphatic heterocycles. The minimum absolute atomic E-state index is 0.000496. The fourth-order valence-corrected chi connectivity index (χ4v) is 7.06. The lowest BCUT2D eigenvalue weighted by Gasteiger charge is -2.39. The van der Waals surface area contributed by atoms with E-state index < -0.39 is 126 Å². The Bertz CT molecular complexity index is 3400. The highest BCUT2D eigenvalue weighted by Crippen LogP contribution is 2.33. The molecule has 0 aromatic heterocycles. The van der Waals surface area contributed by atoms with Gasteiger partial charge in [0, 0.05) is 37.1 Å². The fraction of sp³-hybridized carbons (Fsp3) is 0.179. The molecule has 0 heterocycles. The van der Waals surface area contributed by atoms with Gasteiger partial charge in [-0.15, -0.1) is 0 Å². The van der Waals surface area contributed by atoms with Gasteiger partial charge in [0.2, 0.25) is 24.1 Å². The Morgan fingerprint density at radius 2 is 0.860 bits per heavy atom. The van der Waals surface area contributed by atoms with E-state index in [1.165, 1.54) is 78.9 Å². The Kier molecular flexibility index (Phi) is 24.4. The second-order valence-electron chi connectivity index (χ2n) is 17.7. The topological polar surface area (TPSA) is 516 Å². The van der Waals surface area contributed by atoms with Crippen LogP contribution in [0.25, 0.3) is 24.3 Å². The van der Waals surface area contributed by atoms with E-state index in [0.29, 0.717) is 16.7 Å². The molecule has 456 valence electrons. The van der Waals surface area contributed by atoms with Crippen LogP contribution in [0.2, 0.25) is 0 Å². The molecule has 6 rings (SSSR count). The lowest BCUT2D eigenvalue weighted by Crippen LogP contribution is -2.54. The van der Waals surface area contributed by atoms with E-state index in [-0.39, 0.29) is 52.8 Å². The third-order valence-electron chi connectivity index (χ3n) is 11.3. The van der Waals surface area contributed by atoms with E-state index in [1.807, 2.05) is 0 Å². The zero-order valence-corrected chi connectivity index (χ0v) is 43.8. The molecule has 86 heavy (non-hydrogen) atoms. The zero-order valence-electron chi connectivity index (χ0n) is 43.8. The minimum atomic E-state index is -2.44. The van der Waals surface area contributed by atoms with Crippen molar-refractivity contribution in [3.63, 3.8) is 0 Å². The largest absolute Gasteiger partial charge is 0.504 e. The molecule has 1 saturated carbocycles. The third kappa shape index (κ3) is 20.9. The van der Waals surface area contributed by atoms with Crippen LogP contribution >= 0.6 is 0 Å². The maximum Gasteiger partial charge on any atom is 0.386 e. The summed E-state index contributed by atoms with van der Waals surface area (Å²) in [5, 5.41) is 150. The first-order chi connectivity index (χ1) is 40.5. The molecule has 30 nitrogen and oxygen atoms in total. The van der Waals surface area contributed by atoms with Gasteiger partial charge in [0.15, 0.2) is 57.5 Å². The summed E-state index contributed by atoms with van der Waals surface area (Å²) in [6, 6.07) is 18.6. The van der Waals surface area contributed by atoms with E-state index in [1.54, 1.807) is 0 Å². The Hall–Kier alpha value is -11.3. The normalized spacial score (nSPS) is 17.3. The maximum absolute atomic E-state index is 12.1. The summed E-state index contributed by atoms with van der Waals surface area (Å²) in [6.07, 6.45) is -3.39. The number of aromatic hydroxyl groups is 10. The number of phenols is 10. The first-order valence-corrected chi connectivity index (χ1v) is 24.2. The van der Waals surface area contributed by atoms with E-state index in [2.05, 4.69) is 19.1 Å². The molecule has 5 aromatic rings. The highest BCUT2D eigenvalue weighted by Gasteiger charge is 2.48. The molecule has 0 amide bonds. The number of carbonyl (C=O) groups is 8. The maximum atomic E-state index is 12.1. The van der Waals surface area contributed by atoms with Crippen LogP contribution in [-0.2, 0) is 73.3 Å². The van der Waals surface area contributed by atoms with Crippen molar-refractivity contribution in [3.8, 4) is 57.5 Å². The van der Waals surface area contributed by atoms with Crippen molar-refractivity contribution in [1.82, 2.24) is 0 Å². The summed E-state index contributed by atoms with van der Waals surface area (Å²) in [5.41, 5.74) is 1.58. The molecule has 30 heteroatoms. The number of ether oxygens (including phenoxy) is 5. The quantitative estimate of drug-likeness (QED) is 0.00777. The summed E-state index contributed by atoms with van der Waals surface area (Å²) in [4.78, 5) is 96.3. The molecular weight excluding hydrogens is 1150 g/mol.